The van der Waals surface area contributed by atoms with E-state index in [0.29, 0.717) is 11.0 Å². The second-order valence-corrected chi connectivity index (χ2v) is 9.31. The zero-order valence-electron chi connectivity index (χ0n) is 18.5. The van der Waals surface area contributed by atoms with E-state index >= 15 is 0 Å². The second kappa shape index (κ2) is 9.11. The summed E-state index contributed by atoms with van der Waals surface area (Å²) < 4.78 is 49.2. The first-order valence-corrected chi connectivity index (χ1v) is 12.0. The van der Waals surface area contributed by atoms with E-state index in [1.54, 1.807) is 30.3 Å². The van der Waals surface area contributed by atoms with E-state index in [1.165, 1.54) is 30.3 Å². The van der Waals surface area contributed by atoms with Gasteiger partial charge in [-0.1, -0.05) is 18.2 Å². The van der Waals surface area contributed by atoms with Gasteiger partial charge in [0, 0.05) is 17.1 Å². The van der Waals surface area contributed by atoms with E-state index in [1.807, 2.05) is 0 Å². The molecule has 180 valence electrons. The van der Waals surface area contributed by atoms with Gasteiger partial charge in [-0.15, -0.1) is 0 Å². The Balaban J connectivity index is 1.81. The minimum Gasteiger partial charge on any atom is -0.478 e. The van der Waals surface area contributed by atoms with Gasteiger partial charge in [-0.2, -0.15) is 0 Å². The first kappa shape index (κ1) is 23.8. The highest BCUT2D eigenvalue weighted by molar-refractivity contribution is 7.92. The number of hydrogen-bond donors (Lipinski definition) is 2. The molecule has 35 heavy (non-hydrogen) atoms. The number of ether oxygens (including phenoxy) is 1. The third kappa shape index (κ3) is 5.09. The van der Waals surface area contributed by atoms with Crippen LogP contribution < -0.4 is 9.62 Å². The summed E-state index contributed by atoms with van der Waals surface area (Å²) in [6.07, 6.45) is 0.00519. The molecule has 9 nitrogen and oxygen atoms in total. The molecule has 0 aliphatic heterocycles. The predicted molar refractivity (Wildman–Crippen MR) is 128 cm³/mol. The molecule has 4 rings (SSSR count). The van der Waals surface area contributed by atoms with Crippen molar-refractivity contribution in [3.8, 4) is 11.1 Å². The summed E-state index contributed by atoms with van der Waals surface area (Å²) in [7, 11) is -2.53. The van der Waals surface area contributed by atoms with Gasteiger partial charge in [0.25, 0.3) is 0 Å². The lowest BCUT2D eigenvalue weighted by Gasteiger charge is -2.20. The Morgan fingerprint density at radius 3 is 2.31 bits per heavy atom. The number of aromatic carboxylic acids is 1. The molecule has 0 fully saturated rings. The van der Waals surface area contributed by atoms with Gasteiger partial charge in [0.15, 0.2) is 0 Å². The number of carboxylic acids is 1. The summed E-state index contributed by atoms with van der Waals surface area (Å²) in [6, 6.07) is 16.4. The maximum absolute atomic E-state index is 13.3. The molecule has 1 heterocycles. The van der Waals surface area contributed by atoms with Crippen LogP contribution in [0.1, 0.15) is 10.4 Å². The fraction of sp³-hybridized carbons (Fsp3) is 0.0833. The number of nitrogens with one attached hydrogen (secondary N) is 1. The van der Waals surface area contributed by atoms with Gasteiger partial charge in [0.2, 0.25) is 15.9 Å². The van der Waals surface area contributed by atoms with E-state index in [-0.39, 0.29) is 28.6 Å². The number of anilines is 3. The molecule has 3 aromatic carbocycles. The Bertz CT molecular complexity index is 1550. The van der Waals surface area contributed by atoms with Crippen LogP contribution in [0.3, 0.4) is 0 Å². The highest BCUT2D eigenvalue weighted by Crippen LogP contribution is 2.36. The minimum atomic E-state index is -3.66. The maximum atomic E-state index is 13.3. The second-order valence-electron chi connectivity index (χ2n) is 7.56. The molecule has 0 radical (unpaired) electrons. The first-order chi connectivity index (χ1) is 16.6. The summed E-state index contributed by atoms with van der Waals surface area (Å²) in [5, 5.41) is 10.3. The third-order valence-electron chi connectivity index (χ3n) is 5.03. The van der Waals surface area contributed by atoms with Crippen molar-refractivity contribution >= 4 is 50.3 Å². The number of hydrogen-bond acceptors (Lipinski definition) is 6. The van der Waals surface area contributed by atoms with E-state index in [0.717, 1.165) is 35.5 Å². The number of carboxylic acid groups (broad SMARTS) is 1. The topological polar surface area (TPSA) is 126 Å². The fourth-order valence-electron chi connectivity index (χ4n) is 3.54. The van der Waals surface area contributed by atoms with E-state index in [4.69, 9.17) is 9.15 Å². The van der Waals surface area contributed by atoms with Gasteiger partial charge in [-0.05, 0) is 53.6 Å². The van der Waals surface area contributed by atoms with Gasteiger partial charge >= 0.3 is 12.1 Å². The Morgan fingerprint density at radius 2 is 1.69 bits per heavy atom. The van der Waals surface area contributed by atoms with Crippen LogP contribution >= 0.6 is 0 Å². The number of furan rings is 1. The molecule has 1 amide bonds. The number of carbonyl (C=O) groups is 2. The number of amides is 1. The molecule has 0 saturated carbocycles. The summed E-state index contributed by atoms with van der Waals surface area (Å²) in [5.41, 5.74) is 1.50. The van der Waals surface area contributed by atoms with Gasteiger partial charge < -0.3 is 14.3 Å². The van der Waals surface area contributed by atoms with Crippen molar-refractivity contribution in [1.29, 1.82) is 0 Å². The summed E-state index contributed by atoms with van der Waals surface area (Å²) in [4.78, 5) is 25.6. The maximum Gasteiger partial charge on any atom is 0.421 e. The van der Waals surface area contributed by atoms with E-state index in [2.05, 4.69) is 4.72 Å². The van der Waals surface area contributed by atoms with Crippen LogP contribution in [0.4, 0.5) is 26.4 Å². The Kier molecular flexibility index (Phi) is 6.18. The zero-order valence-corrected chi connectivity index (χ0v) is 19.3. The summed E-state index contributed by atoms with van der Waals surface area (Å²) in [6.45, 7) is 0. The van der Waals surface area contributed by atoms with Gasteiger partial charge in [-0.25, -0.2) is 27.3 Å². The first-order valence-electron chi connectivity index (χ1n) is 10.1. The number of halogens is 1. The molecule has 0 aliphatic rings. The summed E-state index contributed by atoms with van der Waals surface area (Å²) >= 11 is 0. The van der Waals surface area contributed by atoms with Crippen molar-refractivity contribution in [2.45, 2.75) is 0 Å². The Morgan fingerprint density at radius 1 is 1.00 bits per heavy atom. The molecule has 0 aliphatic carbocycles. The molecule has 0 spiro atoms. The summed E-state index contributed by atoms with van der Waals surface area (Å²) in [5.74, 6) is -1.78. The Hall–Kier alpha value is -4.38. The van der Waals surface area contributed by atoms with Crippen LogP contribution in [0.15, 0.2) is 71.1 Å². The van der Waals surface area contributed by atoms with Gasteiger partial charge in [0.05, 0.1) is 24.6 Å². The molecular weight excluding hydrogens is 479 g/mol. The van der Waals surface area contributed by atoms with Crippen LogP contribution in [-0.4, -0.2) is 39.0 Å². The quantitative estimate of drug-likeness (QED) is 0.374. The van der Waals surface area contributed by atoms with Crippen LogP contribution in [0.2, 0.25) is 0 Å². The Labute approximate surface area is 199 Å². The largest absolute Gasteiger partial charge is 0.478 e. The SMILES string of the molecule is COC(=O)N(c1cc2cc(-c3ccc(F)cc3)ccc2o1)c1ccc(NS(C)(=O)=O)cc1C(=O)O. The lowest BCUT2D eigenvalue weighted by atomic mass is 10.0. The molecule has 4 aromatic rings. The fourth-order valence-corrected chi connectivity index (χ4v) is 4.09. The van der Waals surface area contributed by atoms with E-state index < -0.39 is 22.1 Å². The van der Waals surface area contributed by atoms with Gasteiger partial charge in [-0.3, -0.25) is 4.72 Å². The zero-order chi connectivity index (χ0) is 25.3. The van der Waals surface area contributed by atoms with Crippen molar-refractivity contribution in [3.05, 3.63) is 78.1 Å². The molecule has 0 bridgehead atoms. The van der Waals surface area contributed by atoms with Crippen molar-refractivity contribution in [2.75, 3.05) is 23.0 Å². The van der Waals surface area contributed by atoms with Crippen LogP contribution in [0.5, 0.6) is 0 Å². The van der Waals surface area contributed by atoms with Crippen molar-refractivity contribution in [1.82, 2.24) is 0 Å². The minimum absolute atomic E-state index is 0.00649. The standard InChI is InChI=1S/C24H19FN2O7S/c1-33-24(30)27(20-9-8-18(26-35(2,31)32)13-19(20)23(28)29)22-12-16-11-15(5-10-21(16)34-22)14-3-6-17(25)7-4-14/h3-13,26H,1-2H3,(H,28,29). The van der Waals surface area contributed by atoms with Crippen LogP contribution in [0.25, 0.3) is 22.1 Å². The lowest BCUT2D eigenvalue weighted by Crippen LogP contribution is -2.27. The normalized spacial score (nSPS) is 11.3. The predicted octanol–water partition coefficient (Wildman–Crippen LogP) is 5.21. The number of sulfonamides is 1. The highest BCUT2D eigenvalue weighted by Gasteiger charge is 2.28. The van der Waals surface area contributed by atoms with Crippen molar-refractivity contribution in [3.63, 3.8) is 0 Å². The average molecular weight is 498 g/mol. The van der Waals surface area contributed by atoms with Crippen molar-refractivity contribution < 1.29 is 36.7 Å². The van der Waals surface area contributed by atoms with E-state index in [9.17, 15) is 27.5 Å². The number of rotatable bonds is 6. The molecular formula is C24H19FN2O7S. The molecule has 11 heteroatoms. The molecule has 0 saturated heterocycles. The lowest BCUT2D eigenvalue weighted by molar-refractivity contribution is 0.0697. The molecule has 2 N–H and O–H groups in total. The molecule has 0 atom stereocenters. The van der Waals surface area contributed by atoms with Crippen LogP contribution in [0, 0.1) is 5.82 Å². The number of carbonyl (C=O) groups excluding carboxylic acids is 1. The van der Waals surface area contributed by atoms with Gasteiger partial charge in [0.1, 0.15) is 11.4 Å². The molecule has 1 aromatic heterocycles. The monoisotopic (exact) mass is 498 g/mol. The number of benzene rings is 3. The number of fused-ring (bicyclic) bond motifs is 1. The average Bonchev–Trinajstić information content (AvgIpc) is 3.22. The molecule has 0 unspecified atom stereocenters. The van der Waals surface area contributed by atoms with Crippen LogP contribution in [-0.2, 0) is 14.8 Å². The highest BCUT2D eigenvalue weighted by atomic mass is 32.2. The number of methoxy groups -OCH3 is 1. The smallest absolute Gasteiger partial charge is 0.421 e. The number of nitrogens with zero attached hydrogens (tertiary/aromatic N) is 1. The van der Waals surface area contributed by atoms with Crippen molar-refractivity contribution in [2.24, 2.45) is 0 Å². The third-order valence-corrected chi connectivity index (χ3v) is 5.64.